The first-order chi connectivity index (χ1) is 29.5. The number of esters is 1. The second-order valence-corrected chi connectivity index (χ2v) is 19.0. The van der Waals surface area contributed by atoms with Gasteiger partial charge in [-0.3, -0.25) is 4.79 Å². The van der Waals surface area contributed by atoms with E-state index in [9.17, 15) is 20.1 Å². The van der Waals surface area contributed by atoms with Gasteiger partial charge >= 0.3 is 5.97 Å². The molecular formula is C48H72O14. The lowest BCUT2D eigenvalue weighted by Gasteiger charge is -2.48. The number of aliphatic hydroxyl groups is 3. The van der Waals surface area contributed by atoms with Gasteiger partial charge in [0.1, 0.15) is 42.0 Å². The van der Waals surface area contributed by atoms with Crippen LogP contribution in [0.25, 0.3) is 0 Å². The smallest absolute Gasteiger partial charge is 0.316 e. The van der Waals surface area contributed by atoms with E-state index < -0.39 is 90.8 Å². The summed E-state index contributed by atoms with van der Waals surface area (Å²) < 4.78 is 63.7. The third-order valence-electron chi connectivity index (χ3n) is 14.5. The Kier molecular flexibility index (Phi) is 15.1. The van der Waals surface area contributed by atoms with Crippen molar-refractivity contribution in [1.82, 2.24) is 0 Å². The highest BCUT2D eigenvalue weighted by Crippen LogP contribution is 2.47. The fourth-order valence-electron chi connectivity index (χ4n) is 10.6. The second-order valence-electron chi connectivity index (χ2n) is 19.0. The van der Waals surface area contributed by atoms with Crippen molar-refractivity contribution in [3.05, 3.63) is 59.3 Å². The van der Waals surface area contributed by atoms with Crippen molar-refractivity contribution in [2.75, 3.05) is 20.8 Å². The normalized spacial score (nSPS) is 49.1. The van der Waals surface area contributed by atoms with Crippen molar-refractivity contribution in [2.45, 2.75) is 191 Å². The van der Waals surface area contributed by atoms with E-state index in [1.807, 2.05) is 32.1 Å². The minimum Gasteiger partial charge on any atom is -0.462 e. The minimum atomic E-state index is -1.84. The third-order valence-corrected chi connectivity index (χ3v) is 14.5. The summed E-state index contributed by atoms with van der Waals surface area (Å²) in [6.45, 7) is 16.1. The van der Waals surface area contributed by atoms with Gasteiger partial charge in [-0.15, -0.1) is 0 Å². The molecule has 6 aliphatic heterocycles. The Labute approximate surface area is 367 Å². The summed E-state index contributed by atoms with van der Waals surface area (Å²) in [5.74, 6) is -2.56. The van der Waals surface area contributed by atoms with Gasteiger partial charge in [-0.2, -0.15) is 0 Å². The molecule has 1 aliphatic carbocycles. The van der Waals surface area contributed by atoms with Crippen molar-refractivity contribution >= 4 is 5.97 Å². The van der Waals surface area contributed by atoms with E-state index in [1.54, 1.807) is 40.2 Å². The van der Waals surface area contributed by atoms with Crippen LogP contribution in [-0.4, -0.2) is 139 Å². The minimum absolute atomic E-state index is 0.0317. The van der Waals surface area contributed by atoms with Gasteiger partial charge in [0, 0.05) is 51.7 Å². The molecule has 0 saturated carbocycles. The Balaban J connectivity index is 1.18. The van der Waals surface area contributed by atoms with Crippen LogP contribution in [0.4, 0.5) is 0 Å². The Morgan fingerprint density at radius 1 is 0.887 bits per heavy atom. The van der Waals surface area contributed by atoms with Crippen LogP contribution >= 0.6 is 0 Å². The van der Waals surface area contributed by atoms with Crippen LogP contribution in [0.2, 0.25) is 0 Å². The number of hydrogen-bond acceptors (Lipinski definition) is 14. The van der Waals surface area contributed by atoms with E-state index in [-0.39, 0.29) is 42.7 Å². The summed E-state index contributed by atoms with van der Waals surface area (Å²) in [6, 6.07) is 0. The number of carbonyl (C=O) groups is 1. The topological polar surface area (TPSA) is 170 Å². The van der Waals surface area contributed by atoms with Gasteiger partial charge in [0.25, 0.3) is 0 Å². The fourth-order valence-corrected chi connectivity index (χ4v) is 10.6. The first-order valence-electron chi connectivity index (χ1n) is 22.9. The van der Waals surface area contributed by atoms with Crippen LogP contribution in [0.1, 0.15) is 93.9 Å². The molecule has 7 aliphatic rings. The standard InChI is InChI=1S/C48H72O14/c1-11-25(2)43-28(5)17-18-47(62-43)23-34-20-33(61-47)16-15-27(4)42(26(3)13-12-14-32-24-55-45-40(49)29(6)19-35(46(51)58-34)48(32,45)52)59-39-22-37(54-10)44(31(8)57-39)60-38-21-36(53-9)41(50)30(7)56-38/h12-15,17-19,25-26,28,30-31,33-45,49-50,52H,11,16,20-24H2,1-10H3/b13-12+,27-15+,32-14+/t25-,26-,28+,30-,31-,33+,34-,35-,36-,37-,38-,39-,40-,41-,42-,43+,44-,45+,47-,48-/m0/s1. The molecule has 4 saturated heterocycles. The number of hydrogen-bond donors (Lipinski definition) is 3. The average molecular weight is 873 g/mol. The molecule has 0 aromatic heterocycles. The summed E-state index contributed by atoms with van der Waals surface area (Å²) in [5.41, 5.74) is 0.134. The molecule has 14 nitrogen and oxygen atoms in total. The zero-order valence-electron chi connectivity index (χ0n) is 38.2. The molecule has 2 bridgehead atoms. The van der Waals surface area contributed by atoms with E-state index in [1.165, 1.54) is 0 Å². The van der Waals surface area contributed by atoms with Gasteiger partial charge in [0.2, 0.25) is 0 Å². The van der Waals surface area contributed by atoms with Gasteiger partial charge in [-0.05, 0) is 62.8 Å². The van der Waals surface area contributed by atoms with E-state index in [4.69, 9.17) is 47.4 Å². The molecular weight excluding hydrogens is 801 g/mol. The SMILES string of the molecule is CC[C@H](C)[C@H]1O[C@@]2(C=C[C@H]1C)C[C@@H]1C[C@@H](C/C=C(\C)[C@@H](O[C@H]3C[C@H](OC)[C@@H](O[C@H]4C[C@H](OC)[C@@H](O)[C@H](C)O4)[C@H](C)O3)[C@@H](C)/C=C/C=C3\CO[C@@H]4[C@@H](O)C(C)=C[C@@H](C(=O)O1)[C@@]34O)O2. The average Bonchev–Trinajstić information content (AvgIpc) is 3.58. The molecule has 7 rings (SSSR count). The number of aliphatic hydroxyl groups excluding tert-OH is 2. The highest BCUT2D eigenvalue weighted by molar-refractivity contribution is 5.78. The lowest BCUT2D eigenvalue weighted by Crippen LogP contribution is -2.58. The summed E-state index contributed by atoms with van der Waals surface area (Å²) in [4.78, 5) is 14.3. The van der Waals surface area contributed by atoms with Crippen molar-refractivity contribution in [3.63, 3.8) is 0 Å². The monoisotopic (exact) mass is 872 g/mol. The largest absolute Gasteiger partial charge is 0.462 e. The lowest BCUT2D eigenvalue weighted by molar-refractivity contribution is -0.318. The fraction of sp³-hybridized carbons (Fsp3) is 0.771. The molecule has 0 aromatic rings. The summed E-state index contributed by atoms with van der Waals surface area (Å²) in [5, 5.41) is 34.2. The van der Waals surface area contributed by atoms with Gasteiger partial charge < -0.3 is 62.7 Å². The van der Waals surface area contributed by atoms with Crippen molar-refractivity contribution in [3.8, 4) is 0 Å². The predicted octanol–water partition coefficient (Wildman–Crippen LogP) is 5.38. The number of carbonyl (C=O) groups excluding carboxylic acids is 1. The quantitative estimate of drug-likeness (QED) is 0.210. The van der Waals surface area contributed by atoms with E-state index in [0.29, 0.717) is 43.3 Å². The first kappa shape index (κ1) is 47.6. The van der Waals surface area contributed by atoms with E-state index in [0.717, 1.165) is 12.0 Å². The van der Waals surface area contributed by atoms with Crippen molar-refractivity contribution in [2.24, 2.45) is 23.7 Å². The van der Waals surface area contributed by atoms with Crippen LogP contribution in [0.3, 0.4) is 0 Å². The molecule has 348 valence electrons. The summed E-state index contributed by atoms with van der Waals surface area (Å²) >= 11 is 0. The van der Waals surface area contributed by atoms with Crippen LogP contribution in [-0.2, 0) is 52.2 Å². The number of fused-ring (bicyclic) bond motifs is 2. The van der Waals surface area contributed by atoms with Gasteiger partial charge in [0.15, 0.2) is 18.4 Å². The van der Waals surface area contributed by atoms with Crippen LogP contribution < -0.4 is 0 Å². The number of rotatable bonds is 8. The highest BCUT2D eigenvalue weighted by atomic mass is 16.7. The highest BCUT2D eigenvalue weighted by Gasteiger charge is 2.60. The van der Waals surface area contributed by atoms with E-state index in [2.05, 4.69) is 39.8 Å². The van der Waals surface area contributed by atoms with Crippen LogP contribution in [0.15, 0.2) is 59.3 Å². The molecule has 0 radical (unpaired) electrons. The maximum absolute atomic E-state index is 14.3. The second kappa shape index (κ2) is 19.7. The number of methoxy groups -OCH3 is 2. The van der Waals surface area contributed by atoms with E-state index >= 15 is 0 Å². The molecule has 62 heavy (non-hydrogen) atoms. The third kappa shape index (κ3) is 9.64. The Morgan fingerprint density at radius 2 is 1.60 bits per heavy atom. The summed E-state index contributed by atoms with van der Waals surface area (Å²) in [7, 11) is 3.22. The number of allylic oxidation sites excluding steroid dienone is 2. The van der Waals surface area contributed by atoms with Crippen LogP contribution in [0.5, 0.6) is 0 Å². The molecule has 20 atom stereocenters. The molecule has 4 fully saturated rings. The van der Waals surface area contributed by atoms with Crippen molar-refractivity contribution < 1.29 is 67.5 Å². The zero-order chi connectivity index (χ0) is 44.7. The Bertz CT molecular complexity index is 1730. The molecule has 1 spiro atoms. The van der Waals surface area contributed by atoms with Crippen molar-refractivity contribution in [1.29, 1.82) is 0 Å². The molecule has 0 unspecified atom stereocenters. The maximum atomic E-state index is 14.3. The maximum Gasteiger partial charge on any atom is 0.316 e. The number of ether oxygens (including phenoxy) is 10. The van der Waals surface area contributed by atoms with Gasteiger partial charge in [0.05, 0.1) is 49.3 Å². The molecule has 3 N–H and O–H groups in total. The molecule has 14 heteroatoms. The molecule has 0 aromatic carbocycles. The van der Waals surface area contributed by atoms with Gasteiger partial charge in [-0.1, -0.05) is 70.6 Å². The molecule has 6 heterocycles. The van der Waals surface area contributed by atoms with Gasteiger partial charge in [-0.25, -0.2) is 0 Å². The summed E-state index contributed by atoms with van der Waals surface area (Å²) in [6.07, 6.45) is 8.55. The lowest BCUT2D eigenvalue weighted by atomic mass is 9.71. The zero-order valence-corrected chi connectivity index (χ0v) is 38.2. The Morgan fingerprint density at radius 3 is 2.32 bits per heavy atom. The predicted molar refractivity (Wildman–Crippen MR) is 227 cm³/mol. The molecule has 0 amide bonds. The first-order valence-corrected chi connectivity index (χ1v) is 22.9. The Hall–Kier alpha value is -2.31. The van der Waals surface area contributed by atoms with Crippen LogP contribution in [0, 0.1) is 23.7 Å².